The number of carbonyl (C=O) groups is 5. The van der Waals surface area contributed by atoms with Crippen LogP contribution in [0.25, 0.3) is 0 Å². The molecule has 0 aromatic carbocycles. The third kappa shape index (κ3) is 27.3. The van der Waals surface area contributed by atoms with Crippen molar-refractivity contribution >= 4 is 82.5 Å². The molecule has 0 aromatic heterocycles. The molecule has 0 fully saturated rings. The van der Waals surface area contributed by atoms with Gasteiger partial charge in [0.2, 0.25) is 0 Å². The van der Waals surface area contributed by atoms with E-state index in [4.69, 9.17) is 32.5 Å². The third-order valence-corrected chi connectivity index (χ3v) is 7.50. The molecule has 0 aliphatic heterocycles. The van der Waals surface area contributed by atoms with Crippen LogP contribution < -0.4 is 27.8 Å². The van der Waals surface area contributed by atoms with Crippen molar-refractivity contribution < 1.29 is 39.3 Å². The Bertz CT molecular complexity index is 715. The van der Waals surface area contributed by atoms with Crippen LogP contribution in [0.3, 0.4) is 0 Å². The molecule has 0 aliphatic carbocycles. The molecule has 0 aliphatic rings. The van der Waals surface area contributed by atoms with Crippen molar-refractivity contribution in [1.29, 1.82) is 0 Å². The predicted octanol–water partition coefficient (Wildman–Crippen LogP) is -0.751. The fourth-order valence-electron chi connectivity index (χ4n) is 2.01. The van der Waals surface area contributed by atoms with Gasteiger partial charge >= 0.3 is 60.9 Å². The maximum atomic E-state index is 11.3. The third-order valence-electron chi connectivity index (χ3n) is 4.71. The second-order valence-corrected chi connectivity index (χ2v) is 12.0. The van der Waals surface area contributed by atoms with Crippen LogP contribution in [0, 0.1) is 0 Å². The van der Waals surface area contributed by atoms with E-state index in [2.05, 4.69) is 51.9 Å². The zero-order chi connectivity index (χ0) is 32.0. The number of aliphatic carboxylic acids is 3. The number of nitrogens with two attached hydrogens (primary N) is 3. The van der Waals surface area contributed by atoms with Crippen molar-refractivity contribution in [3.05, 3.63) is 0 Å². The first-order valence-electron chi connectivity index (χ1n) is 11.6. The van der Waals surface area contributed by atoms with Crippen LogP contribution in [-0.4, -0.2) is 127 Å². The van der Waals surface area contributed by atoms with Gasteiger partial charge in [0.15, 0.2) is 0 Å². The van der Waals surface area contributed by atoms with E-state index in [-0.39, 0.29) is 46.8 Å². The summed E-state index contributed by atoms with van der Waals surface area (Å²) in [6.07, 6.45) is 0. The van der Waals surface area contributed by atoms with Crippen molar-refractivity contribution in [2.75, 3.05) is 19.8 Å². The molecule has 0 amide bonds. The molecule has 0 saturated heterocycles. The zero-order valence-corrected chi connectivity index (χ0v) is 27.9. The molecular weight excluding hydrogens is 649 g/mol. The number of rotatable bonds is 14. The summed E-state index contributed by atoms with van der Waals surface area (Å²) in [5, 5.41) is 30.4. The van der Waals surface area contributed by atoms with Gasteiger partial charge in [0.25, 0.3) is 0 Å². The summed E-state index contributed by atoms with van der Waals surface area (Å²) >= 11 is 11.4. The normalized spacial score (nSPS) is 15.9. The topological polar surface area (TPSA) is 248 Å². The number of carboxylic acids is 3. The first-order chi connectivity index (χ1) is 17.7. The Balaban J connectivity index is -0.000000145. The van der Waals surface area contributed by atoms with E-state index in [0.717, 1.165) is 0 Å². The maximum absolute atomic E-state index is 11.3. The number of thioether (sulfide) groups is 1. The van der Waals surface area contributed by atoms with Crippen LogP contribution >= 0.6 is 37.0 Å². The van der Waals surface area contributed by atoms with Gasteiger partial charge in [0.1, 0.15) is 23.7 Å². The number of Topliss-reactive ketones (excluding diaryl/α,β-unsaturated/α-hetero) is 2. The summed E-state index contributed by atoms with van der Waals surface area (Å²) in [4.78, 5) is 52.2. The summed E-state index contributed by atoms with van der Waals surface area (Å²) < 4.78 is 0. The van der Waals surface area contributed by atoms with Crippen molar-refractivity contribution in [3.8, 4) is 0 Å². The monoisotopic (exact) mass is 701 g/mol. The Hall–Kier alpha value is -0.881. The molecule has 0 saturated carbocycles. The number of carbonyl (C=O) groups excluding carboxylic acids is 2. The van der Waals surface area contributed by atoms with Gasteiger partial charge in [-0.25, -0.2) is 0 Å². The Morgan fingerprint density at radius 1 is 0.800 bits per heavy atom. The summed E-state index contributed by atoms with van der Waals surface area (Å²) in [7, 11) is 3.56. The summed E-state index contributed by atoms with van der Waals surface area (Å²) in [5.74, 6) is -2.00. The number of nitrogens with one attached hydrogen (secondary N) is 2. The number of hydrogen-bond acceptors (Lipinski definition) is 13. The molecule has 0 rings (SSSR count). The van der Waals surface area contributed by atoms with Crippen LogP contribution in [0.4, 0.5) is 0 Å². The minimum absolute atomic E-state index is 0. The average Bonchev–Trinajstić information content (AvgIpc) is 2.83. The molecule has 8 atom stereocenters. The molecule has 0 bridgehead atoms. The van der Waals surface area contributed by atoms with E-state index >= 15 is 0 Å². The van der Waals surface area contributed by atoms with Gasteiger partial charge in [-0.3, -0.25) is 19.2 Å². The van der Waals surface area contributed by atoms with E-state index in [1.807, 2.05) is 6.92 Å². The molecule has 17 heteroatoms. The molecule has 11 N–H and O–H groups in total. The number of hydrogen-bond donors (Lipinski definition) is 10. The van der Waals surface area contributed by atoms with Crippen LogP contribution in [0.2, 0.25) is 5.32 Å². The minimum atomic E-state index is -1.01. The fourth-order valence-corrected chi connectivity index (χ4v) is 4.01. The van der Waals surface area contributed by atoms with E-state index < -0.39 is 36.0 Å². The van der Waals surface area contributed by atoms with Crippen LogP contribution in [0.1, 0.15) is 42.0 Å². The molecule has 0 heterocycles. The van der Waals surface area contributed by atoms with Crippen molar-refractivity contribution in [1.82, 2.24) is 10.6 Å². The Morgan fingerprint density at radius 2 is 1.18 bits per heavy atom. The molecule has 0 spiro atoms. The molecule has 0 aromatic rings. The van der Waals surface area contributed by atoms with Crippen LogP contribution in [-0.2, 0) is 24.0 Å². The quantitative estimate of drug-likeness (QED) is 0.0792. The first kappa shape index (κ1) is 48.8. The molecule has 0 radical (unpaired) electrons. The predicted molar refractivity (Wildman–Crippen MR) is 171 cm³/mol. The van der Waals surface area contributed by atoms with Gasteiger partial charge in [-0.1, -0.05) is 28.2 Å². The summed E-state index contributed by atoms with van der Waals surface area (Å²) in [6, 6.07) is -2.68. The Labute approximate surface area is 261 Å². The van der Waals surface area contributed by atoms with Gasteiger partial charge in [-0.05, 0) is 27.9 Å². The van der Waals surface area contributed by atoms with E-state index in [9.17, 15) is 24.0 Å². The first-order valence-corrected chi connectivity index (χ1v) is 15.0. The van der Waals surface area contributed by atoms with Gasteiger partial charge in [-0.2, -0.15) is 37.0 Å². The molecule has 40 heavy (non-hydrogen) atoms. The number of likely N-dealkylation sites (N-methyl/N-ethyl adjacent to an activating group) is 2. The second-order valence-electron chi connectivity index (χ2n) is 8.20. The van der Waals surface area contributed by atoms with E-state index in [1.165, 1.54) is 0 Å². The summed E-state index contributed by atoms with van der Waals surface area (Å²) in [5.41, 5.74) is 15.2. The molecule has 1 unspecified atom stereocenters. The Morgan fingerprint density at radius 3 is 1.30 bits per heavy atom. The van der Waals surface area contributed by atoms with Gasteiger partial charge < -0.3 is 32.3 Å². The van der Waals surface area contributed by atoms with E-state index in [0.29, 0.717) is 11.1 Å². The Kier molecular flexibility index (Phi) is 34.5. The molecule has 13 nitrogen and oxygen atoms in total. The van der Waals surface area contributed by atoms with Crippen LogP contribution in [0.15, 0.2) is 0 Å². The number of ketones is 2. The van der Waals surface area contributed by atoms with Crippen molar-refractivity contribution in [3.63, 3.8) is 0 Å². The van der Waals surface area contributed by atoms with Gasteiger partial charge in [0, 0.05) is 21.5 Å². The van der Waals surface area contributed by atoms with Gasteiger partial charge in [-0.15, -0.1) is 0 Å². The fraction of sp³-hybridized carbons (Fsp3) is 0.783. The molecular formula is C23H51N5O8S3Se. The zero-order valence-electron chi connectivity index (χ0n) is 23.4. The van der Waals surface area contributed by atoms with Crippen molar-refractivity contribution in [2.24, 2.45) is 17.2 Å². The van der Waals surface area contributed by atoms with E-state index in [1.54, 1.807) is 53.6 Å². The second kappa shape index (κ2) is 28.2. The van der Waals surface area contributed by atoms with Crippen LogP contribution in [0.5, 0.6) is 0 Å². The standard InChI is InChI=1S/C11H22N2O2S.2C4H9NO2S.C3H7NO2Se.CH4/c1-7(14)10(12-4)6-16-9(3)11(13-5)8(2)15;2*1-2(8)3(5)4(6)7;4-2(1-7)3(5)6;/h9-13H,6H2,1-5H3;2*2-3,8H,5H2,1H3,(H,6,7);2,7H,1,4H2,(H,5,6);1H4/t9?,10-,11-;2-,3+;2-,3-;2-;/m1100./s1. The SMILES string of the molecule is C.CN[C@H](C(C)=O)C(C)SC[C@@H](NC)C(C)=O.C[C@@H](S)[C@H](N)C(=O)O.C[C@H](S)[C@H](N)C(=O)O.N[C@@H](C[SeH])C(=O)O. The number of thiol groups is 2. The number of carboxylic acid groups (broad SMARTS) is 3. The average molecular weight is 701 g/mol. The molecule has 240 valence electrons. The van der Waals surface area contributed by atoms with Gasteiger partial charge in [0.05, 0.1) is 12.1 Å². The van der Waals surface area contributed by atoms with Crippen molar-refractivity contribution in [2.45, 2.75) is 93.3 Å². The summed E-state index contributed by atoms with van der Waals surface area (Å²) in [6.45, 7) is 8.44.